The van der Waals surface area contributed by atoms with Gasteiger partial charge < -0.3 is 9.64 Å². The van der Waals surface area contributed by atoms with E-state index >= 15 is 0 Å². The van der Waals surface area contributed by atoms with Gasteiger partial charge in [-0.1, -0.05) is 29.5 Å². The number of rotatable bonds is 4. The highest BCUT2D eigenvalue weighted by molar-refractivity contribution is 8.00. The average Bonchev–Trinajstić information content (AvgIpc) is 3.10. The predicted molar refractivity (Wildman–Crippen MR) is 113 cm³/mol. The van der Waals surface area contributed by atoms with E-state index in [4.69, 9.17) is 4.74 Å². The lowest BCUT2D eigenvalue weighted by molar-refractivity contribution is -0.140. The number of ether oxygens (including phenoxy) is 1. The lowest BCUT2D eigenvalue weighted by atomic mass is 10.1. The number of fused-ring (bicyclic) bond motifs is 1. The largest absolute Gasteiger partial charge is 0.372 e. The summed E-state index contributed by atoms with van der Waals surface area (Å²) in [5, 5.41) is 6.17. The number of hydrogen-bond acceptors (Lipinski definition) is 6. The first-order valence-corrected chi connectivity index (χ1v) is 10.7. The van der Waals surface area contributed by atoms with Crippen LogP contribution in [0.2, 0.25) is 0 Å². The Morgan fingerprint density at radius 3 is 2.69 bits per heavy atom. The fraction of sp³-hybridized carbons (Fsp3) is 0.429. The third kappa shape index (κ3) is 4.13. The SMILES string of the molecule is Cc1ccc(-n2ncc3c(SCC(=O)N4C[C@@H](C)O[C@@H](C)C4)ncnc32)c(C)c1. The van der Waals surface area contributed by atoms with Gasteiger partial charge in [0.15, 0.2) is 5.65 Å². The number of morpholine rings is 1. The smallest absolute Gasteiger partial charge is 0.233 e. The van der Waals surface area contributed by atoms with Crippen molar-refractivity contribution < 1.29 is 9.53 Å². The van der Waals surface area contributed by atoms with Gasteiger partial charge in [-0.15, -0.1) is 0 Å². The molecule has 2 atom stereocenters. The van der Waals surface area contributed by atoms with Gasteiger partial charge in [0.2, 0.25) is 5.91 Å². The first-order chi connectivity index (χ1) is 13.9. The van der Waals surface area contributed by atoms with Gasteiger partial charge in [0.25, 0.3) is 0 Å². The van der Waals surface area contributed by atoms with Crippen LogP contribution in [-0.2, 0) is 9.53 Å². The highest BCUT2D eigenvalue weighted by Gasteiger charge is 2.26. The van der Waals surface area contributed by atoms with Crippen molar-refractivity contribution >= 4 is 28.7 Å². The summed E-state index contributed by atoms with van der Waals surface area (Å²) in [6, 6.07) is 6.24. The van der Waals surface area contributed by atoms with Crippen molar-refractivity contribution in [2.45, 2.75) is 44.9 Å². The number of amides is 1. The molecule has 1 aliphatic rings. The third-order valence-corrected chi connectivity index (χ3v) is 6.00. The number of aromatic nitrogens is 4. The maximum Gasteiger partial charge on any atom is 0.233 e. The Morgan fingerprint density at radius 1 is 1.21 bits per heavy atom. The van der Waals surface area contributed by atoms with Gasteiger partial charge in [-0.25, -0.2) is 14.6 Å². The maximum absolute atomic E-state index is 12.7. The summed E-state index contributed by atoms with van der Waals surface area (Å²) in [7, 11) is 0. The Labute approximate surface area is 174 Å². The molecule has 0 saturated carbocycles. The van der Waals surface area contributed by atoms with Gasteiger partial charge in [0.05, 0.1) is 35.2 Å². The van der Waals surface area contributed by atoms with Crippen LogP contribution in [-0.4, -0.2) is 61.6 Å². The van der Waals surface area contributed by atoms with Crippen molar-refractivity contribution in [3.63, 3.8) is 0 Å². The van der Waals surface area contributed by atoms with Crippen molar-refractivity contribution in [3.8, 4) is 5.69 Å². The molecule has 3 heterocycles. The molecule has 152 valence electrons. The topological polar surface area (TPSA) is 73.1 Å². The van der Waals surface area contributed by atoms with Crippen LogP contribution in [0.15, 0.2) is 35.7 Å². The van der Waals surface area contributed by atoms with Crippen LogP contribution in [0, 0.1) is 13.8 Å². The fourth-order valence-corrected chi connectivity index (χ4v) is 4.62. The molecule has 0 bridgehead atoms. The Hall–Kier alpha value is -2.45. The van der Waals surface area contributed by atoms with E-state index in [0.29, 0.717) is 18.8 Å². The minimum absolute atomic E-state index is 0.0643. The van der Waals surface area contributed by atoms with E-state index in [1.54, 1.807) is 6.20 Å². The van der Waals surface area contributed by atoms with E-state index in [2.05, 4.69) is 47.1 Å². The molecular weight excluding hydrogens is 386 g/mol. The van der Waals surface area contributed by atoms with Crippen molar-refractivity contribution in [1.29, 1.82) is 0 Å². The Balaban J connectivity index is 1.55. The minimum atomic E-state index is 0.0643. The standard InChI is InChI=1S/C21H25N5O2S/c1-13-5-6-18(14(2)7-13)26-20-17(8-24-26)21(23-12-22-20)29-11-19(27)25-9-15(3)28-16(4)10-25/h5-8,12,15-16H,9-11H2,1-4H3/t15-,16+. The molecule has 1 saturated heterocycles. The molecule has 3 aromatic rings. The molecule has 4 rings (SSSR count). The zero-order valence-corrected chi connectivity index (χ0v) is 17.9. The van der Waals surface area contributed by atoms with E-state index in [9.17, 15) is 4.79 Å². The number of carbonyl (C=O) groups excluding carboxylic acids is 1. The van der Waals surface area contributed by atoms with Crippen LogP contribution in [0.1, 0.15) is 25.0 Å². The highest BCUT2D eigenvalue weighted by Crippen LogP contribution is 2.27. The van der Waals surface area contributed by atoms with Gasteiger partial charge in [0.1, 0.15) is 11.4 Å². The number of carbonyl (C=O) groups is 1. The van der Waals surface area contributed by atoms with Gasteiger partial charge in [-0.3, -0.25) is 4.79 Å². The lowest BCUT2D eigenvalue weighted by Crippen LogP contribution is -2.48. The molecule has 1 aliphatic heterocycles. The summed E-state index contributed by atoms with van der Waals surface area (Å²) in [5.41, 5.74) is 4.08. The second kappa shape index (κ2) is 8.12. The lowest BCUT2D eigenvalue weighted by Gasteiger charge is -2.35. The molecule has 7 nitrogen and oxygen atoms in total. The van der Waals surface area contributed by atoms with E-state index in [0.717, 1.165) is 27.3 Å². The Bertz CT molecular complexity index is 1040. The normalized spacial score (nSPS) is 19.7. The first kappa shape index (κ1) is 19.8. The van der Waals surface area contributed by atoms with Crippen LogP contribution in [0.25, 0.3) is 16.7 Å². The van der Waals surface area contributed by atoms with Crippen molar-refractivity contribution in [3.05, 3.63) is 41.9 Å². The summed E-state index contributed by atoms with van der Waals surface area (Å²) < 4.78 is 7.55. The summed E-state index contributed by atoms with van der Waals surface area (Å²) in [4.78, 5) is 23.4. The Kier molecular flexibility index (Phi) is 5.56. The van der Waals surface area contributed by atoms with Crippen LogP contribution in [0.4, 0.5) is 0 Å². The molecule has 0 unspecified atom stereocenters. The van der Waals surface area contributed by atoms with E-state index in [-0.39, 0.29) is 18.1 Å². The zero-order valence-electron chi connectivity index (χ0n) is 17.1. The molecule has 8 heteroatoms. The average molecular weight is 412 g/mol. The molecule has 2 aromatic heterocycles. The molecule has 1 amide bonds. The second-order valence-corrected chi connectivity index (χ2v) is 8.57. The van der Waals surface area contributed by atoms with E-state index in [1.807, 2.05) is 23.4 Å². The minimum Gasteiger partial charge on any atom is -0.372 e. The van der Waals surface area contributed by atoms with Crippen LogP contribution in [0.5, 0.6) is 0 Å². The quantitative estimate of drug-likeness (QED) is 0.485. The van der Waals surface area contributed by atoms with Gasteiger partial charge in [-0.05, 0) is 39.3 Å². The van der Waals surface area contributed by atoms with E-state index in [1.165, 1.54) is 23.7 Å². The van der Waals surface area contributed by atoms with Crippen LogP contribution < -0.4 is 0 Å². The number of thioether (sulfide) groups is 1. The van der Waals surface area contributed by atoms with Crippen LogP contribution >= 0.6 is 11.8 Å². The molecule has 1 fully saturated rings. The van der Waals surface area contributed by atoms with Gasteiger partial charge in [0, 0.05) is 13.1 Å². The molecule has 0 aliphatic carbocycles. The van der Waals surface area contributed by atoms with Crippen LogP contribution in [0.3, 0.4) is 0 Å². The Morgan fingerprint density at radius 2 is 1.97 bits per heavy atom. The molecule has 1 aromatic carbocycles. The van der Waals surface area contributed by atoms with E-state index < -0.39 is 0 Å². The summed E-state index contributed by atoms with van der Waals surface area (Å²) in [6.07, 6.45) is 3.44. The fourth-order valence-electron chi connectivity index (χ4n) is 3.76. The maximum atomic E-state index is 12.7. The molecule has 0 N–H and O–H groups in total. The molecule has 0 spiro atoms. The second-order valence-electron chi connectivity index (χ2n) is 7.61. The summed E-state index contributed by atoms with van der Waals surface area (Å²) in [6.45, 7) is 9.40. The molecular formula is C21H25N5O2S. The molecule has 0 radical (unpaired) electrons. The van der Waals surface area contributed by atoms with Crippen molar-refractivity contribution in [2.75, 3.05) is 18.8 Å². The number of aryl methyl sites for hydroxylation is 2. The number of nitrogens with zero attached hydrogens (tertiary/aromatic N) is 5. The number of benzene rings is 1. The van der Waals surface area contributed by atoms with Gasteiger partial charge in [-0.2, -0.15) is 5.10 Å². The first-order valence-electron chi connectivity index (χ1n) is 9.74. The number of hydrogen-bond donors (Lipinski definition) is 0. The van der Waals surface area contributed by atoms with Crippen molar-refractivity contribution in [2.24, 2.45) is 0 Å². The third-order valence-electron chi connectivity index (χ3n) is 5.01. The zero-order chi connectivity index (χ0) is 20.5. The van der Waals surface area contributed by atoms with Crippen molar-refractivity contribution in [1.82, 2.24) is 24.6 Å². The summed E-state index contributed by atoms with van der Waals surface area (Å²) in [5.74, 6) is 0.436. The molecule has 29 heavy (non-hydrogen) atoms. The monoisotopic (exact) mass is 411 g/mol. The predicted octanol–water partition coefficient (Wildman–Crippen LogP) is 3.16. The summed E-state index contributed by atoms with van der Waals surface area (Å²) >= 11 is 1.43. The highest BCUT2D eigenvalue weighted by atomic mass is 32.2. The van der Waals surface area contributed by atoms with Gasteiger partial charge >= 0.3 is 0 Å².